The molecule has 1 amide bonds. The standard InChI is InChI=1S/C21H29FN2O2/c1-2-26-13-17-9-10-24(12-16-7-8-16)21(11-17)14-23(15-21)20(25)18-5-3-4-6-19(18)22/h3-6,16-17H,2,7-15H2,1H3/t17-/m1/s1. The van der Waals surface area contributed by atoms with Gasteiger partial charge in [0, 0.05) is 32.8 Å². The highest BCUT2D eigenvalue weighted by atomic mass is 19.1. The van der Waals surface area contributed by atoms with Crippen LogP contribution in [0.3, 0.4) is 0 Å². The fourth-order valence-electron chi connectivity index (χ4n) is 4.61. The van der Waals surface area contributed by atoms with Crippen molar-refractivity contribution in [1.29, 1.82) is 0 Å². The van der Waals surface area contributed by atoms with Crippen molar-refractivity contribution < 1.29 is 13.9 Å². The van der Waals surface area contributed by atoms with Gasteiger partial charge in [0.05, 0.1) is 11.1 Å². The number of piperidine rings is 1. The molecule has 1 atom stereocenters. The Bertz CT molecular complexity index is 655. The summed E-state index contributed by atoms with van der Waals surface area (Å²) in [6, 6.07) is 6.30. The topological polar surface area (TPSA) is 32.8 Å². The predicted molar refractivity (Wildman–Crippen MR) is 98.5 cm³/mol. The van der Waals surface area contributed by atoms with Crippen molar-refractivity contribution in [3.8, 4) is 0 Å². The molecule has 1 spiro atoms. The number of halogens is 1. The van der Waals surface area contributed by atoms with Crippen molar-refractivity contribution in [3.05, 3.63) is 35.6 Å². The number of amides is 1. The molecule has 1 aliphatic carbocycles. The van der Waals surface area contributed by atoms with Crippen LogP contribution in [-0.4, -0.2) is 60.6 Å². The Morgan fingerprint density at radius 3 is 2.69 bits per heavy atom. The number of hydrogen-bond donors (Lipinski definition) is 0. The molecule has 3 fully saturated rings. The van der Waals surface area contributed by atoms with Gasteiger partial charge in [0.1, 0.15) is 5.82 Å². The average Bonchev–Trinajstić information content (AvgIpc) is 3.43. The lowest BCUT2D eigenvalue weighted by Gasteiger charge is -2.59. The van der Waals surface area contributed by atoms with Crippen molar-refractivity contribution in [3.63, 3.8) is 0 Å². The number of rotatable bonds is 6. The molecule has 5 heteroatoms. The maximum absolute atomic E-state index is 14.0. The fourth-order valence-corrected chi connectivity index (χ4v) is 4.61. The van der Waals surface area contributed by atoms with Crippen molar-refractivity contribution >= 4 is 5.91 Å². The van der Waals surface area contributed by atoms with Crippen LogP contribution < -0.4 is 0 Å². The van der Waals surface area contributed by atoms with Crippen LogP contribution in [0.4, 0.5) is 4.39 Å². The molecule has 26 heavy (non-hydrogen) atoms. The van der Waals surface area contributed by atoms with E-state index in [0.717, 1.165) is 51.7 Å². The predicted octanol–water partition coefficient (Wildman–Crippen LogP) is 3.18. The lowest BCUT2D eigenvalue weighted by atomic mass is 9.74. The molecule has 0 radical (unpaired) electrons. The molecule has 2 heterocycles. The van der Waals surface area contributed by atoms with E-state index >= 15 is 0 Å². The largest absolute Gasteiger partial charge is 0.381 e. The first-order valence-electron chi connectivity index (χ1n) is 9.98. The van der Waals surface area contributed by atoms with Gasteiger partial charge >= 0.3 is 0 Å². The first-order valence-corrected chi connectivity index (χ1v) is 9.98. The third-order valence-corrected chi connectivity index (χ3v) is 6.24. The Labute approximate surface area is 155 Å². The molecule has 1 aromatic carbocycles. The van der Waals surface area contributed by atoms with Crippen LogP contribution in [0.25, 0.3) is 0 Å². The minimum absolute atomic E-state index is 0.0729. The minimum atomic E-state index is -0.425. The van der Waals surface area contributed by atoms with Crippen LogP contribution in [0.5, 0.6) is 0 Å². The molecule has 142 valence electrons. The zero-order valence-corrected chi connectivity index (χ0v) is 15.6. The molecule has 4 rings (SSSR count). The quantitative estimate of drug-likeness (QED) is 0.781. The van der Waals surface area contributed by atoms with Gasteiger partial charge in [0.2, 0.25) is 0 Å². The zero-order valence-electron chi connectivity index (χ0n) is 15.6. The summed E-state index contributed by atoms with van der Waals surface area (Å²) in [5, 5.41) is 0. The molecule has 3 aliphatic rings. The molecule has 1 saturated carbocycles. The summed E-state index contributed by atoms with van der Waals surface area (Å²) in [7, 11) is 0. The Balaban J connectivity index is 1.44. The van der Waals surface area contributed by atoms with E-state index in [2.05, 4.69) is 4.90 Å². The highest BCUT2D eigenvalue weighted by Crippen LogP contribution is 2.42. The summed E-state index contributed by atoms with van der Waals surface area (Å²) in [6.45, 7) is 7.30. The Hall–Kier alpha value is -1.46. The van der Waals surface area contributed by atoms with E-state index in [1.807, 2.05) is 11.8 Å². The van der Waals surface area contributed by atoms with E-state index in [9.17, 15) is 9.18 Å². The molecule has 2 saturated heterocycles. The maximum atomic E-state index is 14.0. The third-order valence-electron chi connectivity index (χ3n) is 6.24. The molecular formula is C21H29FN2O2. The van der Waals surface area contributed by atoms with Gasteiger partial charge in [0.15, 0.2) is 0 Å². The molecule has 1 aromatic rings. The normalized spacial score (nSPS) is 25.3. The van der Waals surface area contributed by atoms with Gasteiger partial charge in [-0.2, -0.15) is 0 Å². The van der Waals surface area contributed by atoms with Crippen LogP contribution in [0, 0.1) is 17.7 Å². The lowest BCUT2D eigenvalue weighted by molar-refractivity contribution is -0.0888. The summed E-state index contributed by atoms with van der Waals surface area (Å²) in [5.74, 6) is 0.806. The number of likely N-dealkylation sites (tertiary alicyclic amines) is 2. The summed E-state index contributed by atoms with van der Waals surface area (Å²) in [6.07, 6.45) is 4.94. The number of ether oxygens (including phenoxy) is 1. The van der Waals surface area contributed by atoms with Gasteiger partial charge < -0.3 is 9.64 Å². The fraction of sp³-hybridized carbons (Fsp3) is 0.667. The Morgan fingerprint density at radius 1 is 1.23 bits per heavy atom. The van der Waals surface area contributed by atoms with E-state index < -0.39 is 5.82 Å². The molecule has 4 nitrogen and oxygen atoms in total. The highest BCUT2D eigenvalue weighted by molar-refractivity contribution is 5.95. The van der Waals surface area contributed by atoms with Gasteiger partial charge in [0.25, 0.3) is 5.91 Å². The van der Waals surface area contributed by atoms with E-state index in [0.29, 0.717) is 5.92 Å². The average molecular weight is 360 g/mol. The summed E-state index contributed by atoms with van der Waals surface area (Å²) < 4.78 is 19.7. The molecule has 0 unspecified atom stereocenters. The van der Waals surface area contributed by atoms with Crippen LogP contribution in [0.15, 0.2) is 24.3 Å². The Morgan fingerprint density at radius 2 is 2.00 bits per heavy atom. The number of carbonyl (C=O) groups is 1. The van der Waals surface area contributed by atoms with Gasteiger partial charge in [-0.3, -0.25) is 9.69 Å². The highest BCUT2D eigenvalue weighted by Gasteiger charge is 2.53. The van der Waals surface area contributed by atoms with Crippen molar-refractivity contribution in [1.82, 2.24) is 9.80 Å². The number of benzene rings is 1. The van der Waals surface area contributed by atoms with Crippen LogP contribution in [0.2, 0.25) is 0 Å². The second kappa shape index (κ2) is 7.28. The van der Waals surface area contributed by atoms with Gasteiger partial charge in [-0.15, -0.1) is 0 Å². The van der Waals surface area contributed by atoms with Crippen LogP contribution >= 0.6 is 0 Å². The molecule has 0 aromatic heterocycles. The summed E-state index contributed by atoms with van der Waals surface area (Å²) in [4.78, 5) is 17.2. The van der Waals surface area contributed by atoms with Crippen molar-refractivity contribution in [2.45, 2.75) is 38.1 Å². The first kappa shape index (κ1) is 17.9. The van der Waals surface area contributed by atoms with E-state index in [4.69, 9.17) is 4.74 Å². The molecule has 0 bridgehead atoms. The number of hydrogen-bond acceptors (Lipinski definition) is 3. The van der Waals surface area contributed by atoms with Crippen molar-refractivity contribution in [2.75, 3.05) is 39.4 Å². The number of carbonyl (C=O) groups excluding carboxylic acids is 1. The maximum Gasteiger partial charge on any atom is 0.256 e. The van der Waals surface area contributed by atoms with Crippen LogP contribution in [-0.2, 0) is 4.74 Å². The second-order valence-electron chi connectivity index (χ2n) is 8.27. The Kier molecular flexibility index (Phi) is 5.02. The second-order valence-corrected chi connectivity index (χ2v) is 8.27. The van der Waals surface area contributed by atoms with Crippen LogP contribution in [0.1, 0.15) is 43.0 Å². The third kappa shape index (κ3) is 3.52. The minimum Gasteiger partial charge on any atom is -0.381 e. The summed E-state index contributed by atoms with van der Waals surface area (Å²) in [5.41, 5.74) is 0.265. The summed E-state index contributed by atoms with van der Waals surface area (Å²) >= 11 is 0. The van der Waals surface area contributed by atoms with Gasteiger partial charge in [-0.1, -0.05) is 12.1 Å². The molecule has 2 aliphatic heterocycles. The van der Waals surface area contributed by atoms with E-state index in [-0.39, 0.29) is 17.0 Å². The molecular weight excluding hydrogens is 331 g/mol. The zero-order chi connectivity index (χ0) is 18.1. The monoisotopic (exact) mass is 360 g/mol. The van der Waals surface area contributed by atoms with Gasteiger partial charge in [-0.25, -0.2) is 4.39 Å². The number of nitrogens with zero attached hydrogens (tertiary/aromatic N) is 2. The lowest BCUT2D eigenvalue weighted by Crippen LogP contribution is -2.73. The SMILES string of the molecule is CCOC[C@@H]1CCN(CC2CC2)C2(C1)CN(C(=O)c1ccccc1F)C2. The molecule has 0 N–H and O–H groups in total. The first-order chi connectivity index (χ1) is 12.6. The van der Waals surface area contributed by atoms with Gasteiger partial charge in [-0.05, 0) is 63.1 Å². The van der Waals surface area contributed by atoms with E-state index in [1.165, 1.54) is 25.3 Å². The smallest absolute Gasteiger partial charge is 0.256 e. The van der Waals surface area contributed by atoms with Crippen molar-refractivity contribution in [2.24, 2.45) is 11.8 Å². The van der Waals surface area contributed by atoms with E-state index in [1.54, 1.807) is 18.2 Å².